The second-order valence-electron chi connectivity index (χ2n) is 14.9. The van der Waals surface area contributed by atoms with Gasteiger partial charge in [-0.1, -0.05) is 39.3 Å². The molecule has 0 spiro atoms. The molecule has 0 radical (unpaired) electrons. The third-order valence-corrected chi connectivity index (χ3v) is 12.7. The van der Waals surface area contributed by atoms with Gasteiger partial charge in [0, 0.05) is 72.9 Å². The third kappa shape index (κ3) is 12.9. The molecule has 1 fully saturated rings. The minimum atomic E-state index is -0.933. The largest absolute Gasteiger partial charge is 0.449 e. The van der Waals surface area contributed by atoms with Crippen molar-refractivity contribution >= 4 is 80.3 Å². The molecular weight excluding hydrogens is 869 g/mol. The summed E-state index contributed by atoms with van der Waals surface area (Å²) in [5.74, 6) is -0.311. The van der Waals surface area contributed by atoms with Gasteiger partial charge in [-0.05, 0) is 39.3 Å². The maximum absolute atomic E-state index is 13.6. The predicted octanol–water partition coefficient (Wildman–Crippen LogP) is -0.716. The first kappa shape index (κ1) is 48.8. The number of anilines is 2. The fourth-order valence-corrected chi connectivity index (χ4v) is 8.96. The summed E-state index contributed by atoms with van der Waals surface area (Å²) in [6, 6.07) is 6.91. The van der Waals surface area contributed by atoms with Crippen LogP contribution in [0.3, 0.4) is 0 Å². The van der Waals surface area contributed by atoms with E-state index in [9.17, 15) is 33.6 Å². The Hall–Kier alpha value is -6.24. The van der Waals surface area contributed by atoms with E-state index in [4.69, 9.17) is 21.9 Å². The standard InChI is InChI=1S/C26H40N8O7S2.C14H14N6O/c1-14-20(24(38)19-16(11-41-26(28)40)21-15(2)33-12-34(21)22(19)23(14)37)30-6-8-42-43-9-7-31-25(39)17(27)10-32-18(36)4-3-5-29-13-35;1-8-2-4-9(5-3-8)16-6-10-7-17-12-11(18-10)13(21)20-14(15)19-12/h13,15-17,21,30,33H,3-12,27H2,1-2H3,(H2,28,40)(H,29,35)(H,31,39)(H,32,36);2-5,7,16H,6H2,1H3,(H3,15,17,19,20,21). The zero-order valence-corrected chi connectivity index (χ0v) is 37.3. The molecule has 344 valence electrons. The number of ketones is 2. The summed E-state index contributed by atoms with van der Waals surface area (Å²) in [6.45, 7) is 7.67. The summed E-state index contributed by atoms with van der Waals surface area (Å²) >= 11 is 0. The van der Waals surface area contributed by atoms with Gasteiger partial charge in [-0.3, -0.25) is 39.1 Å². The Morgan fingerprint density at radius 2 is 1.75 bits per heavy atom. The molecule has 0 bridgehead atoms. The number of Topliss-reactive ketones (excluding diaryl/α,β-unsaturated/α-hetero) is 2. The molecule has 4 heterocycles. The number of carbonyl (C=O) groups is 6. The molecule has 1 saturated heterocycles. The summed E-state index contributed by atoms with van der Waals surface area (Å²) in [5, 5.41) is 17.4. The number of hydrogen-bond acceptors (Lipinski definition) is 19. The molecule has 2 aromatic heterocycles. The Morgan fingerprint density at radius 1 is 1.02 bits per heavy atom. The maximum atomic E-state index is 13.6. The van der Waals surface area contributed by atoms with Crippen molar-refractivity contribution in [2.75, 3.05) is 62.0 Å². The van der Waals surface area contributed by atoms with Crippen LogP contribution in [0, 0.1) is 12.8 Å². The Kier molecular flexibility index (Phi) is 17.9. The number of aromatic nitrogens is 4. The highest BCUT2D eigenvalue weighted by atomic mass is 33.1. The second-order valence-corrected chi connectivity index (χ2v) is 17.6. The zero-order valence-electron chi connectivity index (χ0n) is 35.7. The van der Waals surface area contributed by atoms with Crippen LogP contribution in [0.4, 0.5) is 16.4 Å². The van der Waals surface area contributed by atoms with Gasteiger partial charge in [-0.2, -0.15) is 4.98 Å². The van der Waals surface area contributed by atoms with E-state index in [2.05, 4.69) is 51.8 Å². The first-order valence-electron chi connectivity index (χ1n) is 20.4. The molecule has 4 amide bonds. The molecule has 1 aliphatic carbocycles. The van der Waals surface area contributed by atoms with Gasteiger partial charge in [-0.25, -0.2) is 14.8 Å². The van der Waals surface area contributed by atoms with Gasteiger partial charge >= 0.3 is 6.09 Å². The van der Waals surface area contributed by atoms with Gasteiger partial charge in [0.25, 0.3) is 5.56 Å². The highest BCUT2D eigenvalue weighted by Gasteiger charge is 2.53. The average molecular weight is 923 g/mol. The van der Waals surface area contributed by atoms with E-state index in [1.54, 1.807) is 23.9 Å². The molecule has 3 aromatic rings. The summed E-state index contributed by atoms with van der Waals surface area (Å²) in [6.07, 6.45) is 1.93. The molecular formula is C40H54N14O8S2. The summed E-state index contributed by atoms with van der Waals surface area (Å²) in [7, 11) is 3.08. The maximum Gasteiger partial charge on any atom is 0.404 e. The minimum Gasteiger partial charge on any atom is -0.449 e. The van der Waals surface area contributed by atoms with Gasteiger partial charge in [0.05, 0.1) is 42.5 Å². The lowest BCUT2D eigenvalue weighted by molar-refractivity contribution is -0.123. The van der Waals surface area contributed by atoms with E-state index in [0.717, 1.165) is 5.69 Å². The van der Waals surface area contributed by atoms with Crippen molar-refractivity contribution < 1.29 is 33.5 Å². The number of carbonyl (C=O) groups excluding carboxylic acids is 6. The van der Waals surface area contributed by atoms with E-state index in [1.165, 1.54) is 16.4 Å². The SMILES string of the molecule is CC1=C(NCCSSCCNC(=O)C(N)CNC(=O)CCCNC=O)C(=O)C2=C(C1=O)N1CNC(C)C1C2COC(N)=O.Cc1ccc(NCc2cnc3nc(N)[nH]c(=O)c3n2)cc1. The van der Waals surface area contributed by atoms with Crippen LogP contribution in [-0.4, -0.2) is 130 Å². The number of primary amides is 1. The van der Waals surface area contributed by atoms with Crippen molar-refractivity contribution in [1.29, 1.82) is 0 Å². The van der Waals surface area contributed by atoms with Crippen molar-refractivity contribution in [2.45, 2.75) is 58.3 Å². The van der Waals surface area contributed by atoms with Gasteiger partial charge < -0.3 is 53.4 Å². The van der Waals surface area contributed by atoms with Gasteiger partial charge in [0.15, 0.2) is 11.2 Å². The fraction of sp³-hybridized carbons (Fsp3) is 0.450. The van der Waals surface area contributed by atoms with E-state index >= 15 is 0 Å². The summed E-state index contributed by atoms with van der Waals surface area (Å²) in [4.78, 5) is 101. The number of aromatic amines is 1. The number of allylic oxidation sites excluding steroid dienone is 2. The van der Waals surface area contributed by atoms with Gasteiger partial charge in [0.1, 0.15) is 12.6 Å². The molecule has 0 saturated carbocycles. The number of nitrogens with one attached hydrogen (secondary N) is 7. The number of rotatable bonds is 21. The number of H-pyrrole nitrogens is 1. The number of amides is 4. The lowest BCUT2D eigenvalue weighted by Crippen LogP contribution is -2.48. The van der Waals surface area contributed by atoms with E-state index in [0.29, 0.717) is 79.7 Å². The molecule has 24 heteroatoms. The zero-order chi connectivity index (χ0) is 46.3. The second kappa shape index (κ2) is 23.4. The quantitative estimate of drug-likeness (QED) is 0.0273. The monoisotopic (exact) mass is 922 g/mol. The Balaban J connectivity index is 0.000000303. The fourth-order valence-electron chi connectivity index (χ4n) is 7.14. The van der Waals surface area contributed by atoms with Crippen LogP contribution in [0.1, 0.15) is 37.9 Å². The number of fused-ring (bicyclic) bond motifs is 3. The number of hydrogen-bond donors (Lipinski definition) is 10. The highest BCUT2D eigenvalue weighted by Crippen LogP contribution is 2.43. The highest BCUT2D eigenvalue weighted by molar-refractivity contribution is 8.76. The number of benzene rings is 1. The van der Waals surface area contributed by atoms with Crippen LogP contribution in [-0.2, 0) is 35.3 Å². The number of ether oxygens (including phenoxy) is 1. The van der Waals surface area contributed by atoms with Crippen molar-refractivity contribution in [3.8, 4) is 0 Å². The van der Waals surface area contributed by atoms with Crippen molar-refractivity contribution in [2.24, 2.45) is 17.4 Å². The Morgan fingerprint density at radius 3 is 2.47 bits per heavy atom. The first-order chi connectivity index (χ1) is 30.7. The van der Waals surface area contributed by atoms with Crippen LogP contribution >= 0.6 is 21.6 Å². The van der Waals surface area contributed by atoms with Gasteiger partial charge in [0.2, 0.25) is 35.7 Å². The normalized spacial score (nSPS) is 18.1. The molecule has 2 aliphatic heterocycles. The summed E-state index contributed by atoms with van der Waals surface area (Å²) in [5.41, 5.74) is 20.7. The number of nitrogens with two attached hydrogens (primary N) is 3. The third-order valence-electron chi connectivity index (χ3n) is 10.3. The molecule has 6 rings (SSSR count). The summed E-state index contributed by atoms with van der Waals surface area (Å²) < 4.78 is 5.07. The van der Waals surface area contributed by atoms with Crippen LogP contribution in [0.5, 0.6) is 0 Å². The lowest BCUT2D eigenvalue weighted by atomic mass is 9.83. The number of aryl methyl sites for hydroxylation is 1. The first-order valence-corrected chi connectivity index (χ1v) is 22.9. The molecule has 13 N–H and O–H groups in total. The molecule has 1 aromatic carbocycles. The van der Waals surface area contributed by atoms with Crippen LogP contribution in [0.2, 0.25) is 0 Å². The molecule has 3 aliphatic rings. The number of nitrogen functional groups attached to an aromatic ring is 1. The van der Waals surface area contributed by atoms with E-state index in [-0.39, 0.29) is 83.4 Å². The van der Waals surface area contributed by atoms with Crippen molar-refractivity contribution in [3.05, 3.63) is 74.6 Å². The van der Waals surface area contributed by atoms with Crippen molar-refractivity contribution in [3.63, 3.8) is 0 Å². The topological polar surface area (TPSA) is 337 Å². The van der Waals surface area contributed by atoms with Crippen LogP contribution in [0.25, 0.3) is 11.2 Å². The van der Waals surface area contributed by atoms with Crippen LogP contribution < -0.4 is 54.7 Å². The minimum absolute atomic E-state index is 0.0156. The Bertz CT molecular complexity index is 2330. The van der Waals surface area contributed by atoms with E-state index in [1.807, 2.05) is 43.0 Å². The molecule has 4 atom stereocenters. The molecule has 4 unspecified atom stereocenters. The molecule has 22 nitrogen and oxygen atoms in total. The molecule has 64 heavy (non-hydrogen) atoms. The average Bonchev–Trinajstić information content (AvgIpc) is 3.81. The van der Waals surface area contributed by atoms with Crippen LogP contribution in [0.15, 0.2) is 57.8 Å². The van der Waals surface area contributed by atoms with E-state index < -0.39 is 18.1 Å². The Labute approximate surface area is 376 Å². The smallest absolute Gasteiger partial charge is 0.404 e. The lowest BCUT2D eigenvalue weighted by Gasteiger charge is -2.25. The van der Waals surface area contributed by atoms with Crippen molar-refractivity contribution in [1.82, 2.24) is 51.4 Å². The number of nitrogens with zero attached hydrogens (tertiary/aromatic N) is 4. The van der Waals surface area contributed by atoms with Gasteiger partial charge in [-0.15, -0.1) is 0 Å². The predicted molar refractivity (Wildman–Crippen MR) is 243 cm³/mol.